The van der Waals surface area contributed by atoms with Crippen molar-refractivity contribution in [3.8, 4) is 17.0 Å². The lowest BCUT2D eigenvalue weighted by Gasteiger charge is -2.19. The molecule has 1 atom stereocenters. The number of carboxylic acids is 1. The van der Waals surface area contributed by atoms with Gasteiger partial charge in [-0.1, -0.05) is 61.5 Å². The number of aromatic nitrogens is 1. The monoisotopic (exact) mass is 437 g/mol. The van der Waals surface area contributed by atoms with E-state index >= 15 is 0 Å². The number of aryl methyl sites for hydroxylation is 1. The van der Waals surface area contributed by atoms with Gasteiger partial charge < -0.3 is 14.3 Å². The van der Waals surface area contributed by atoms with Gasteiger partial charge >= 0.3 is 5.97 Å². The Morgan fingerprint density at radius 2 is 1.82 bits per heavy atom. The van der Waals surface area contributed by atoms with E-state index < -0.39 is 5.97 Å². The number of rotatable bonds is 6. The number of benzene rings is 3. The van der Waals surface area contributed by atoms with Crippen molar-refractivity contribution in [2.24, 2.45) is 0 Å². The lowest BCUT2D eigenvalue weighted by molar-refractivity contribution is 0.0698. The third-order valence-electron chi connectivity index (χ3n) is 5.95. The summed E-state index contributed by atoms with van der Waals surface area (Å²) >= 11 is 0. The lowest BCUT2D eigenvalue weighted by Crippen LogP contribution is -2.07. The molecular formula is C28H23NO4. The molecule has 1 N–H and O–H groups in total. The molecule has 0 radical (unpaired) electrons. The second-order valence-electron chi connectivity index (χ2n) is 7.98. The first kappa shape index (κ1) is 20.8. The number of pyridine rings is 1. The van der Waals surface area contributed by atoms with Gasteiger partial charge in [0.25, 0.3) is 0 Å². The molecule has 1 unspecified atom stereocenters. The fraction of sp³-hybridized carbons (Fsp3) is 0.143. The summed E-state index contributed by atoms with van der Waals surface area (Å²) in [5.74, 6) is -0.519. The molecule has 0 saturated carbocycles. The Balaban J connectivity index is 1.72. The van der Waals surface area contributed by atoms with Crippen LogP contribution in [0.3, 0.4) is 0 Å². The van der Waals surface area contributed by atoms with Crippen molar-refractivity contribution in [3.05, 3.63) is 95.7 Å². The van der Waals surface area contributed by atoms with Gasteiger partial charge in [-0.05, 0) is 42.7 Å². The molecule has 0 amide bonds. The average molecular weight is 437 g/mol. The fourth-order valence-corrected chi connectivity index (χ4v) is 4.21. The Morgan fingerprint density at radius 3 is 2.58 bits per heavy atom. The van der Waals surface area contributed by atoms with Gasteiger partial charge in [-0.15, -0.1) is 0 Å². The maximum absolute atomic E-state index is 12.4. The summed E-state index contributed by atoms with van der Waals surface area (Å²) in [5.41, 5.74) is 4.82. The second-order valence-corrected chi connectivity index (χ2v) is 7.98. The highest BCUT2D eigenvalue weighted by Gasteiger charge is 2.21. The van der Waals surface area contributed by atoms with Gasteiger partial charge in [0.05, 0.1) is 22.2 Å². The maximum atomic E-state index is 12.4. The van der Waals surface area contributed by atoms with Crippen molar-refractivity contribution in [2.45, 2.75) is 26.4 Å². The Hall–Kier alpha value is -4.12. The van der Waals surface area contributed by atoms with E-state index in [9.17, 15) is 9.90 Å². The fourth-order valence-electron chi connectivity index (χ4n) is 4.21. The standard InChI is InChI=1S/C28H23NO4/c1-3-18-13-14-25(33-17(2)19-9-5-4-6-10-19)26-21(28(30)31)15-23(29-27(18)26)22-16-32-24-12-8-7-11-20(22)24/h4-17H,3H2,1-2H3,(H,30,31). The molecule has 0 fully saturated rings. The highest BCUT2D eigenvalue weighted by atomic mass is 16.5. The summed E-state index contributed by atoms with van der Waals surface area (Å²) in [6, 6.07) is 22.9. The van der Waals surface area contributed by atoms with E-state index in [0.29, 0.717) is 28.8 Å². The number of aromatic carboxylic acids is 1. The lowest BCUT2D eigenvalue weighted by atomic mass is 9.99. The number of hydrogen-bond donors (Lipinski definition) is 1. The summed E-state index contributed by atoms with van der Waals surface area (Å²) in [6.07, 6.45) is 2.10. The van der Waals surface area contributed by atoms with Crippen LogP contribution in [0, 0.1) is 0 Å². The third kappa shape index (κ3) is 3.72. The molecule has 164 valence electrons. The topological polar surface area (TPSA) is 72.6 Å². The quantitative estimate of drug-likeness (QED) is 0.308. The van der Waals surface area contributed by atoms with Crippen molar-refractivity contribution < 1.29 is 19.1 Å². The van der Waals surface area contributed by atoms with Crippen LogP contribution < -0.4 is 4.74 Å². The van der Waals surface area contributed by atoms with E-state index in [1.54, 1.807) is 12.3 Å². The molecular weight excluding hydrogens is 414 g/mol. The van der Waals surface area contributed by atoms with E-state index in [1.807, 2.05) is 80.6 Å². The van der Waals surface area contributed by atoms with Crippen molar-refractivity contribution in [1.29, 1.82) is 0 Å². The van der Waals surface area contributed by atoms with E-state index in [1.165, 1.54) is 0 Å². The first-order chi connectivity index (χ1) is 16.1. The molecule has 33 heavy (non-hydrogen) atoms. The highest BCUT2D eigenvalue weighted by molar-refractivity contribution is 6.08. The number of furan rings is 1. The van der Waals surface area contributed by atoms with Crippen LogP contribution in [0.25, 0.3) is 33.1 Å². The van der Waals surface area contributed by atoms with Crippen LogP contribution in [-0.4, -0.2) is 16.1 Å². The molecule has 5 aromatic rings. The van der Waals surface area contributed by atoms with Gasteiger partial charge in [-0.2, -0.15) is 0 Å². The molecule has 5 heteroatoms. The van der Waals surface area contributed by atoms with E-state index in [0.717, 1.165) is 27.7 Å². The highest BCUT2D eigenvalue weighted by Crippen LogP contribution is 2.38. The predicted molar refractivity (Wildman–Crippen MR) is 129 cm³/mol. The number of ether oxygens (including phenoxy) is 1. The summed E-state index contributed by atoms with van der Waals surface area (Å²) in [7, 11) is 0. The van der Waals surface area contributed by atoms with Crippen molar-refractivity contribution in [1.82, 2.24) is 4.98 Å². The molecule has 2 aromatic heterocycles. The van der Waals surface area contributed by atoms with Gasteiger partial charge in [-0.25, -0.2) is 9.78 Å². The molecule has 0 aliphatic carbocycles. The van der Waals surface area contributed by atoms with E-state index in [4.69, 9.17) is 14.1 Å². The van der Waals surface area contributed by atoms with Crippen LogP contribution in [-0.2, 0) is 6.42 Å². The zero-order chi connectivity index (χ0) is 22.9. The van der Waals surface area contributed by atoms with Crippen LogP contribution in [0.4, 0.5) is 0 Å². The first-order valence-corrected chi connectivity index (χ1v) is 10.9. The van der Waals surface area contributed by atoms with E-state index in [2.05, 4.69) is 0 Å². The minimum atomic E-state index is -1.03. The van der Waals surface area contributed by atoms with E-state index in [-0.39, 0.29) is 11.7 Å². The van der Waals surface area contributed by atoms with Crippen molar-refractivity contribution in [2.75, 3.05) is 0 Å². The number of carbonyl (C=O) groups is 1. The maximum Gasteiger partial charge on any atom is 0.336 e. The largest absolute Gasteiger partial charge is 0.485 e. The van der Waals surface area contributed by atoms with Gasteiger partial charge in [0.2, 0.25) is 0 Å². The summed E-state index contributed by atoms with van der Waals surface area (Å²) in [6.45, 7) is 3.98. The number of nitrogens with zero attached hydrogens (tertiary/aromatic N) is 1. The number of hydrogen-bond acceptors (Lipinski definition) is 4. The predicted octanol–water partition coefficient (Wildman–Crippen LogP) is 7.05. The van der Waals surface area contributed by atoms with Crippen LogP contribution in [0.2, 0.25) is 0 Å². The van der Waals surface area contributed by atoms with Crippen LogP contribution in [0.1, 0.15) is 41.4 Å². The molecule has 0 saturated heterocycles. The summed E-state index contributed by atoms with van der Waals surface area (Å²) in [4.78, 5) is 17.3. The molecule has 0 bridgehead atoms. The van der Waals surface area contributed by atoms with Gasteiger partial charge in [0.1, 0.15) is 23.7 Å². The molecule has 5 nitrogen and oxygen atoms in total. The van der Waals surface area contributed by atoms with Crippen LogP contribution in [0.15, 0.2) is 83.5 Å². The SMILES string of the molecule is CCc1ccc(OC(C)c2ccccc2)c2c(C(=O)O)cc(-c3coc4ccccc34)nc12. The Kier molecular flexibility index (Phi) is 5.31. The Bertz CT molecular complexity index is 1470. The molecule has 0 aliphatic heterocycles. The Labute approximate surface area is 191 Å². The zero-order valence-corrected chi connectivity index (χ0v) is 18.4. The van der Waals surface area contributed by atoms with Crippen molar-refractivity contribution in [3.63, 3.8) is 0 Å². The van der Waals surface area contributed by atoms with Gasteiger partial charge in [-0.3, -0.25) is 0 Å². The molecule has 5 rings (SSSR count). The van der Waals surface area contributed by atoms with Crippen LogP contribution >= 0.6 is 0 Å². The van der Waals surface area contributed by atoms with Crippen LogP contribution in [0.5, 0.6) is 5.75 Å². The third-order valence-corrected chi connectivity index (χ3v) is 5.95. The Morgan fingerprint density at radius 1 is 1.06 bits per heavy atom. The van der Waals surface area contributed by atoms with Gasteiger partial charge in [0.15, 0.2) is 0 Å². The zero-order valence-electron chi connectivity index (χ0n) is 18.4. The summed E-state index contributed by atoms with van der Waals surface area (Å²) in [5, 5.41) is 11.6. The molecule has 3 aromatic carbocycles. The normalized spacial score (nSPS) is 12.2. The molecule has 0 spiro atoms. The van der Waals surface area contributed by atoms with Gasteiger partial charge in [0, 0.05) is 10.9 Å². The summed E-state index contributed by atoms with van der Waals surface area (Å²) < 4.78 is 12.0. The molecule has 2 heterocycles. The minimum absolute atomic E-state index is 0.158. The molecule has 0 aliphatic rings. The second kappa shape index (κ2) is 8.43. The minimum Gasteiger partial charge on any atom is -0.485 e. The first-order valence-electron chi connectivity index (χ1n) is 10.9. The number of carboxylic acid groups (broad SMARTS) is 1. The number of fused-ring (bicyclic) bond motifs is 2. The smallest absolute Gasteiger partial charge is 0.336 e. The average Bonchev–Trinajstić information content (AvgIpc) is 3.28. The van der Waals surface area contributed by atoms with Crippen molar-refractivity contribution >= 4 is 27.8 Å². The number of para-hydroxylation sites is 1.